The molecule has 0 aromatic carbocycles. The van der Waals surface area contributed by atoms with E-state index in [-0.39, 0.29) is 12.0 Å². The summed E-state index contributed by atoms with van der Waals surface area (Å²) in [5.41, 5.74) is 5.84. The van der Waals surface area contributed by atoms with Gasteiger partial charge in [-0.3, -0.25) is 0 Å². The van der Waals surface area contributed by atoms with Crippen LogP contribution in [0.2, 0.25) is 0 Å². The van der Waals surface area contributed by atoms with Gasteiger partial charge >= 0.3 is 0 Å². The third-order valence-electron chi connectivity index (χ3n) is 3.63. The van der Waals surface area contributed by atoms with Gasteiger partial charge in [0.1, 0.15) is 0 Å². The average molecular weight is 304 g/mol. The second-order valence-corrected chi connectivity index (χ2v) is 6.11. The van der Waals surface area contributed by atoms with E-state index in [9.17, 15) is 0 Å². The predicted molar refractivity (Wildman–Crippen MR) is 86.7 cm³/mol. The first-order valence-corrected chi connectivity index (χ1v) is 8.20. The molecular weight excluding hydrogens is 284 g/mol. The Morgan fingerprint density at radius 1 is 1.33 bits per heavy atom. The van der Waals surface area contributed by atoms with Crippen molar-refractivity contribution in [3.05, 3.63) is 22.4 Å². The Bertz CT molecular complexity index is 579. The molecule has 0 aliphatic carbocycles. The zero-order valence-electron chi connectivity index (χ0n) is 12.1. The van der Waals surface area contributed by atoms with Gasteiger partial charge in [-0.15, -0.1) is 11.3 Å². The summed E-state index contributed by atoms with van der Waals surface area (Å²) in [5, 5.41) is 5.46. The second kappa shape index (κ2) is 6.26. The molecule has 0 saturated carbocycles. The molecule has 0 bridgehead atoms. The van der Waals surface area contributed by atoms with E-state index in [0.717, 1.165) is 19.5 Å². The van der Waals surface area contributed by atoms with Crippen molar-refractivity contribution < 1.29 is 0 Å². The number of nitrogen functional groups attached to an aromatic ring is 1. The van der Waals surface area contributed by atoms with Crippen molar-refractivity contribution in [2.24, 2.45) is 0 Å². The summed E-state index contributed by atoms with van der Waals surface area (Å²) < 4.78 is 0. The number of rotatable bonds is 5. The average Bonchev–Trinajstić information content (AvgIpc) is 3.16. The van der Waals surface area contributed by atoms with Gasteiger partial charge in [0, 0.05) is 18.0 Å². The summed E-state index contributed by atoms with van der Waals surface area (Å²) >= 11 is 1.73. The summed E-state index contributed by atoms with van der Waals surface area (Å²) in [6.45, 7) is 4.12. The van der Waals surface area contributed by atoms with E-state index >= 15 is 0 Å². The molecule has 1 fully saturated rings. The zero-order chi connectivity index (χ0) is 14.7. The smallest absolute Gasteiger partial charge is 0.231 e. The Morgan fingerprint density at radius 3 is 2.81 bits per heavy atom. The molecule has 7 heteroatoms. The van der Waals surface area contributed by atoms with Crippen LogP contribution in [0.25, 0.3) is 0 Å². The van der Waals surface area contributed by atoms with Crippen molar-refractivity contribution in [1.29, 1.82) is 0 Å². The lowest BCUT2D eigenvalue weighted by Gasteiger charge is -2.19. The summed E-state index contributed by atoms with van der Waals surface area (Å²) in [6.07, 6.45) is 3.33. The highest BCUT2D eigenvalue weighted by atomic mass is 32.1. The van der Waals surface area contributed by atoms with E-state index in [1.807, 2.05) is 0 Å². The molecule has 1 unspecified atom stereocenters. The minimum absolute atomic E-state index is 0.207. The van der Waals surface area contributed by atoms with Crippen LogP contribution in [0.4, 0.5) is 17.8 Å². The lowest BCUT2D eigenvalue weighted by Crippen LogP contribution is -2.22. The van der Waals surface area contributed by atoms with Crippen molar-refractivity contribution in [3.8, 4) is 0 Å². The fourth-order valence-corrected chi connectivity index (χ4v) is 3.38. The topological polar surface area (TPSA) is 80.0 Å². The molecular formula is C14H20N6S. The summed E-state index contributed by atoms with van der Waals surface area (Å²) in [5.74, 6) is 1.52. The minimum Gasteiger partial charge on any atom is -0.368 e. The van der Waals surface area contributed by atoms with E-state index in [2.05, 4.69) is 49.6 Å². The zero-order valence-corrected chi connectivity index (χ0v) is 12.9. The first-order valence-electron chi connectivity index (χ1n) is 7.32. The molecule has 2 aromatic rings. The Balaban J connectivity index is 1.81. The van der Waals surface area contributed by atoms with Crippen molar-refractivity contribution >= 4 is 29.2 Å². The number of nitrogens with two attached hydrogens (primary N) is 1. The van der Waals surface area contributed by atoms with Gasteiger partial charge in [0.25, 0.3) is 0 Å². The SMILES string of the molecule is CCC(Nc1nc(N)nc(N2CCCC2)n1)c1cccs1. The molecule has 0 radical (unpaired) electrons. The van der Waals surface area contributed by atoms with Gasteiger partial charge in [-0.2, -0.15) is 15.0 Å². The van der Waals surface area contributed by atoms with Crippen molar-refractivity contribution in [2.45, 2.75) is 32.2 Å². The van der Waals surface area contributed by atoms with E-state index in [0.29, 0.717) is 11.9 Å². The largest absolute Gasteiger partial charge is 0.368 e. The van der Waals surface area contributed by atoms with Gasteiger partial charge in [-0.25, -0.2) is 0 Å². The number of nitrogens with one attached hydrogen (secondary N) is 1. The molecule has 1 saturated heterocycles. The number of hydrogen-bond acceptors (Lipinski definition) is 7. The summed E-state index contributed by atoms with van der Waals surface area (Å²) in [7, 11) is 0. The van der Waals surface area contributed by atoms with Crippen molar-refractivity contribution in [1.82, 2.24) is 15.0 Å². The van der Waals surface area contributed by atoms with Crippen LogP contribution in [0.5, 0.6) is 0 Å². The highest BCUT2D eigenvalue weighted by molar-refractivity contribution is 7.10. The van der Waals surface area contributed by atoms with Crippen LogP contribution in [0.15, 0.2) is 17.5 Å². The van der Waals surface area contributed by atoms with Crippen LogP contribution in [0, 0.1) is 0 Å². The van der Waals surface area contributed by atoms with Crippen LogP contribution in [0.3, 0.4) is 0 Å². The maximum atomic E-state index is 5.84. The molecule has 21 heavy (non-hydrogen) atoms. The van der Waals surface area contributed by atoms with Gasteiger partial charge in [0.15, 0.2) is 0 Å². The molecule has 3 rings (SSSR count). The number of thiophene rings is 1. The van der Waals surface area contributed by atoms with Crippen LogP contribution >= 0.6 is 11.3 Å². The van der Waals surface area contributed by atoms with Crippen molar-refractivity contribution in [2.75, 3.05) is 29.0 Å². The second-order valence-electron chi connectivity index (χ2n) is 5.13. The Hall–Kier alpha value is -1.89. The fraction of sp³-hybridized carbons (Fsp3) is 0.500. The monoisotopic (exact) mass is 304 g/mol. The number of hydrogen-bond donors (Lipinski definition) is 2. The Morgan fingerprint density at radius 2 is 2.14 bits per heavy atom. The van der Waals surface area contributed by atoms with Crippen molar-refractivity contribution in [3.63, 3.8) is 0 Å². The first kappa shape index (κ1) is 14.1. The first-order chi connectivity index (χ1) is 10.3. The Labute approximate surface area is 128 Å². The molecule has 1 atom stereocenters. The van der Waals surface area contributed by atoms with Crippen LogP contribution in [-0.4, -0.2) is 28.0 Å². The standard InChI is InChI=1S/C14H20N6S/c1-2-10(11-6-5-9-21-11)16-13-17-12(15)18-14(19-13)20-7-3-4-8-20/h5-6,9-10H,2-4,7-8H2,1H3,(H3,15,16,17,18,19). The van der Waals surface area contributed by atoms with Crippen LogP contribution in [-0.2, 0) is 0 Å². The highest BCUT2D eigenvalue weighted by Crippen LogP contribution is 2.26. The van der Waals surface area contributed by atoms with Crippen LogP contribution < -0.4 is 16.0 Å². The lowest BCUT2D eigenvalue weighted by molar-refractivity contribution is 0.748. The summed E-state index contributed by atoms with van der Waals surface area (Å²) in [6, 6.07) is 4.39. The molecule has 6 nitrogen and oxygen atoms in total. The van der Waals surface area contributed by atoms with Gasteiger partial charge in [-0.1, -0.05) is 13.0 Å². The van der Waals surface area contributed by atoms with E-state index in [4.69, 9.17) is 5.73 Å². The molecule has 112 valence electrons. The number of nitrogens with zero attached hydrogens (tertiary/aromatic N) is 4. The molecule has 3 N–H and O–H groups in total. The minimum atomic E-state index is 0.207. The lowest BCUT2D eigenvalue weighted by atomic mass is 10.2. The van der Waals surface area contributed by atoms with Crippen LogP contribution in [0.1, 0.15) is 37.1 Å². The van der Waals surface area contributed by atoms with Gasteiger partial charge in [-0.05, 0) is 30.7 Å². The third-order valence-corrected chi connectivity index (χ3v) is 4.61. The number of aromatic nitrogens is 3. The quantitative estimate of drug-likeness (QED) is 0.884. The molecule has 0 spiro atoms. The van der Waals surface area contributed by atoms with Gasteiger partial charge in [0.2, 0.25) is 17.8 Å². The van der Waals surface area contributed by atoms with E-state index < -0.39 is 0 Å². The third kappa shape index (κ3) is 3.24. The van der Waals surface area contributed by atoms with E-state index in [1.165, 1.54) is 17.7 Å². The van der Waals surface area contributed by atoms with Gasteiger partial charge < -0.3 is 16.0 Å². The molecule has 1 aliphatic rings. The summed E-state index contributed by atoms with van der Waals surface area (Å²) in [4.78, 5) is 16.5. The molecule has 3 heterocycles. The predicted octanol–water partition coefficient (Wildman–Crippen LogP) is 2.68. The molecule has 0 amide bonds. The molecule has 1 aliphatic heterocycles. The molecule has 2 aromatic heterocycles. The van der Waals surface area contributed by atoms with E-state index in [1.54, 1.807) is 11.3 Å². The maximum Gasteiger partial charge on any atom is 0.231 e. The van der Waals surface area contributed by atoms with Gasteiger partial charge in [0.05, 0.1) is 6.04 Å². The number of anilines is 3. The normalized spacial score (nSPS) is 16.1. The fourth-order valence-electron chi connectivity index (χ4n) is 2.52. The maximum absolute atomic E-state index is 5.84. The Kier molecular flexibility index (Phi) is 4.19. The highest BCUT2D eigenvalue weighted by Gasteiger charge is 2.18.